The molecule has 24 heavy (non-hydrogen) atoms. The maximum atomic E-state index is 9.50. The summed E-state index contributed by atoms with van der Waals surface area (Å²) in [6.45, 7) is 2.00. The minimum absolute atomic E-state index is 0.266. The van der Waals surface area contributed by atoms with Crippen molar-refractivity contribution in [2.75, 3.05) is 37.5 Å². The van der Waals surface area contributed by atoms with E-state index in [0.29, 0.717) is 0 Å². The van der Waals surface area contributed by atoms with Crippen LogP contribution in [0.4, 0.5) is 11.4 Å². The number of hydrogen-bond acceptors (Lipinski definition) is 6. The van der Waals surface area contributed by atoms with Gasteiger partial charge in [0.2, 0.25) is 0 Å². The highest BCUT2D eigenvalue weighted by Gasteiger charge is 2.08. The molecular weight excluding hydrogens is 304 g/mol. The van der Waals surface area contributed by atoms with Gasteiger partial charge in [-0.1, -0.05) is 0 Å². The molecule has 3 N–H and O–H groups in total. The number of aryl methyl sites for hydroxylation is 1. The summed E-state index contributed by atoms with van der Waals surface area (Å²) in [6, 6.07) is 9.95. The van der Waals surface area contributed by atoms with Crippen LogP contribution in [0.5, 0.6) is 0 Å². The Morgan fingerprint density at radius 2 is 1.71 bits per heavy atom. The Labute approximate surface area is 140 Å². The number of anilines is 2. The van der Waals surface area contributed by atoms with E-state index in [9.17, 15) is 5.11 Å². The molecule has 6 heteroatoms. The van der Waals surface area contributed by atoms with Crippen molar-refractivity contribution in [3.05, 3.63) is 35.9 Å². The van der Waals surface area contributed by atoms with Crippen LogP contribution in [0.2, 0.25) is 0 Å². The molecule has 1 heterocycles. The Bertz CT molecular complexity index is 880. The minimum atomic E-state index is -0.787. The highest BCUT2D eigenvalue weighted by atomic mass is 16.3. The average Bonchev–Trinajstić information content (AvgIpc) is 2.57. The van der Waals surface area contributed by atoms with Crippen LogP contribution in [0.1, 0.15) is 5.56 Å². The summed E-state index contributed by atoms with van der Waals surface area (Å²) in [5.41, 5.74) is 6.32. The molecule has 3 rings (SSSR count). The number of fused-ring (bicyclic) bond motifs is 2. The van der Waals surface area contributed by atoms with Gasteiger partial charge < -0.3 is 20.4 Å². The fraction of sp³-hybridized carbons (Fsp3) is 0.333. The number of nitrogens with zero attached hydrogens (tertiary/aromatic N) is 3. The van der Waals surface area contributed by atoms with Gasteiger partial charge in [-0.05, 0) is 42.8 Å². The van der Waals surface area contributed by atoms with Gasteiger partial charge in [-0.2, -0.15) is 0 Å². The highest BCUT2D eigenvalue weighted by molar-refractivity contribution is 5.90. The zero-order chi connectivity index (χ0) is 17.3. The number of nitrogens with one attached hydrogen (secondary N) is 1. The third-order valence-corrected chi connectivity index (χ3v) is 4.02. The Hall–Kier alpha value is -2.44. The normalized spacial score (nSPS) is 12.5. The molecule has 0 bridgehead atoms. The summed E-state index contributed by atoms with van der Waals surface area (Å²) in [7, 11) is 3.99. The van der Waals surface area contributed by atoms with Crippen molar-refractivity contribution >= 4 is 33.4 Å². The molecule has 0 amide bonds. The van der Waals surface area contributed by atoms with Crippen LogP contribution in [0.25, 0.3) is 22.1 Å². The number of aliphatic hydroxyl groups is 2. The molecule has 1 atom stereocenters. The van der Waals surface area contributed by atoms with Gasteiger partial charge in [-0.3, -0.25) is 0 Å². The second kappa shape index (κ2) is 6.59. The first-order chi connectivity index (χ1) is 11.5. The molecule has 1 unspecified atom stereocenters. The van der Waals surface area contributed by atoms with Crippen molar-refractivity contribution in [3.63, 3.8) is 0 Å². The molecule has 3 aromatic rings. The van der Waals surface area contributed by atoms with Gasteiger partial charge >= 0.3 is 0 Å². The average molecular weight is 326 g/mol. The molecule has 0 saturated carbocycles. The molecule has 0 saturated heterocycles. The van der Waals surface area contributed by atoms with E-state index in [-0.39, 0.29) is 13.2 Å². The second-order valence-electron chi connectivity index (χ2n) is 6.16. The van der Waals surface area contributed by atoms with Crippen molar-refractivity contribution in [1.82, 2.24) is 9.97 Å². The van der Waals surface area contributed by atoms with Crippen LogP contribution in [-0.4, -0.2) is 53.5 Å². The number of hydrogen-bond donors (Lipinski definition) is 3. The number of benzene rings is 2. The van der Waals surface area contributed by atoms with E-state index in [1.807, 2.05) is 56.3 Å². The molecule has 2 aromatic carbocycles. The Morgan fingerprint density at radius 3 is 2.42 bits per heavy atom. The van der Waals surface area contributed by atoms with Crippen LogP contribution in [0.3, 0.4) is 0 Å². The summed E-state index contributed by atoms with van der Waals surface area (Å²) in [4.78, 5) is 11.5. The van der Waals surface area contributed by atoms with Gasteiger partial charge in [-0.15, -0.1) is 0 Å². The van der Waals surface area contributed by atoms with E-state index in [0.717, 1.165) is 39.0 Å². The molecule has 6 nitrogen and oxygen atoms in total. The zero-order valence-corrected chi connectivity index (χ0v) is 14.1. The highest BCUT2D eigenvalue weighted by Crippen LogP contribution is 2.25. The molecule has 0 aliphatic heterocycles. The Balaban J connectivity index is 2.04. The fourth-order valence-electron chi connectivity index (χ4n) is 2.58. The standard InChI is InChI=1S/C18H22N4O2/c1-11-6-16-18(8-15(11)19-9-13(24)10-23)21-17-7-12(22(2)3)4-5-14(17)20-16/h4-8,13,19,23-24H,9-10H2,1-3H3. The molecule has 0 radical (unpaired) electrons. The first-order valence-electron chi connectivity index (χ1n) is 7.90. The van der Waals surface area contributed by atoms with E-state index in [2.05, 4.69) is 5.32 Å². The second-order valence-corrected chi connectivity index (χ2v) is 6.16. The molecule has 1 aromatic heterocycles. The van der Waals surface area contributed by atoms with Gasteiger partial charge in [-0.25, -0.2) is 9.97 Å². The Morgan fingerprint density at radius 1 is 1.04 bits per heavy atom. The van der Waals surface area contributed by atoms with Gasteiger partial charge in [0.15, 0.2) is 0 Å². The number of aromatic nitrogens is 2. The van der Waals surface area contributed by atoms with E-state index < -0.39 is 6.10 Å². The first kappa shape index (κ1) is 16.4. The van der Waals surface area contributed by atoms with Crippen LogP contribution >= 0.6 is 0 Å². The SMILES string of the molecule is Cc1cc2nc3ccc(N(C)C)cc3nc2cc1NCC(O)CO. The largest absolute Gasteiger partial charge is 0.394 e. The molecule has 126 valence electrons. The number of aliphatic hydroxyl groups excluding tert-OH is 2. The predicted octanol–water partition coefficient (Wildman–Crippen LogP) is 1.92. The third-order valence-electron chi connectivity index (χ3n) is 4.02. The summed E-state index contributed by atoms with van der Waals surface area (Å²) >= 11 is 0. The maximum Gasteiger partial charge on any atom is 0.0942 e. The van der Waals surface area contributed by atoms with E-state index >= 15 is 0 Å². The summed E-state index contributed by atoms with van der Waals surface area (Å²) in [5.74, 6) is 0. The van der Waals surface area contributed by atoms with Gasteiger partial charge in [0.05, 0.1) is 34.8 Å². The Kier molecular flexibility index (Phi) is 4.51. The molecule has 0 fully saturated rings. The van der Waals surface area contributed by atoms with Gasteiger partial charge in [0.1, 0.15) is 0 Å². The molecule has 0 aliphatic rings. The fourth-order valence-corrected chi connectivity index (χ4v) is 2.58. The van der Waals surface area contributed by atoms with Gasteiger partial charge in [0.25, 0.3) is 0 Å². The zero-order valence-electron chi connectivity index (χ0n) is 14.1. The summed E-state index contributed by atoms with van der Waals surface area (Å²) in [5, 5.41) is 21.6. The maximum absolute atomic E-state index is 9.50. The van der Waals surface area contributed by atoms with Crippen molar-refractivity contribution in [2.45, 2.75) is 13.0 Å². The monoisotopic (exact) mass is 326 g/mol. The first-order valence-corrected chi connectivity index (χ1v) is 7.90. The van der Waals surface area contributed by atoms with Gasteiger partial charge in [0, 0.05) is 32.0 Å². The molecule has 0 spiro atoms. The lowest BCUT2D eigenvalue weighted by molar-refractivity contribution is 0.105. The van der Waals surface area contributed by atoms with Crippen molar-refractivity contribution in [3.8, 4) is 0 Å². The van der Waals surface area contributed by atoms with E-state index in [1.54, 1.807) is 0 Å². The van der Waals surface area contributed by atoms with Crippen molar-refractivity contribution in [2.24, 2.45) is 0 Å². The van der Waals surface area contributed by atoms with Crippen LogP contribution in [0.15, 0.2) is 30.3 Å². The lowest BCUT2D eigenvalue weighted by Crippen LogP contribution is -2.23. The number of rotatable bonds is 5. The topological polar surface area (TPSA) is 81.5 Å². The predicted molar refractivity (Wildman–Crippen MR) is 97.7 cm³/mol. The smallest absolute Gasteiger partial charge is 0.0942 e. The summed E-state index contributed by atoms with van der Waals surface area (Å²) < 4.78 is 0. The lowest BCUT2D eigenvalue weighted by atomic mass is 10.1. The van der Waals surface area contributed by atoms with Crippen molar-refractivity contribution in [1.29, 1.82) is 0 Å². The van der Waals surface area contributed by atoms with Crippen LogP contribution in [0, 0.1) is 6.92 Å². The quantitative estimate of drug-likeness (QED) is 0.622. The lowest BCUT2D eigenvalue weighted by Gasteiger charge is -2.14. The molecular formula is C18H22N4O2. The van der Waals surface area contributed by atoms with Crippen LogP contribution in [-0.2, 0) is 0 Å². The summed E-state index contributed by atoms with van der Waals surface area (Å²) in [6.07, 6.45) is -0.787. The minimum Gasteiger partial charge on any atom is -0.394 e. The van der Waals surface area contributed by atoms with Crippen LogP contribution < -0.4 is 10.2 Å². The molecule has 0 aliphatic carbocycles. The van der Waals surface area contributed by atoms with E-state index in [1.165, 1.54) is 0 Å². The third kappa shape index (κ3) is 3.25. The van der Waals surface area contributed by atoms with Crippen molar-refractivity contribution < 1.29 is 10.2 Å². The van der Waals surface area contributed by atoms with E-state index in [4.69, 9.17) is 15.1 Å².